The molecule has 20 heavy (non-hydrogen) atoms. The van der Waals surface area contributed by atoms with E-state index in [1.165, 1.54) is 12.1 Å². The molecule has 106 valence electrons. The van der Waals surface area contributed by atoms with Crippen LogP contribution in [0.3, 0.4) is 0 Å². The SMILES string of the molecule is CCC(Nc1c(F)ccc(C)c1F)c1ccc(Br)cc1. The van der Waals surface area contributed by atoms with Crippen molar-refractivity contribution in [2.45, 2.75) is 26.3 Å². The quantitative estimate of drug-likeness (QED) is 0.764. The topological polar surface area (TPSA) is 12.0 Å². The molecule has 1 nitrogen and oxygen atoms in total. The molecular weight excluding hydrogens is 324 g/mol. The number of rotatable bonds is 4. The Morgan fingerprint density at radius 1 is 1.10 bits per heavy atom. The van der Waals surface area contributed by atoms with Crippen molar-refractivity contribution in [1.29, 1.82) is 0 Å². The monoisotopic (exact) mass is 339 g/mol. The van der Waals surface area contributed by atoms with E-state index >= 15 is 0 Å². The molecule has 0 aliphatic heterocycles. The van der Waals surface area contributed by atoms with E-state index < -0.39 is 11.6 Å². The van der Waals surface area contributed by atoms with E-state index in [-0.39, 0.29) is 11.7 Å². The predicted molar refractivity (Wildman–Crippen MR) is 81.9 cm³/mol. The number of hydrogen-bond donors (Lipinski definition) is 1. The van der Waals surface area contributed by atoms with Crippen LogP contribution in [0, 0.1) is 18.6 Å². The minimum Gasteiger partial charge on any atom is -0.373 e. The summed E-state index contributed by atoms with van der Waals surface area (Å²) in [5, 5.41) is 2.98. The van der Waals surface area contributed by atoms with Crippen LogP contribution in [0.15, 0.2) is 40.9 Å². The summed E-state index contributed by atoms with van der Waals surface area (Å²) < 4.78 is 28.8. The van der Waals surface area contributed by atoms with Gasteiger partial charge in [-0.15, -0.1) is 0 Å². The molecule has 4 heteroatoms. The molecule has 2 aromatic rings. The Labute approximate surface area is 126 Å². The summed E-state index contributed by atoms with van der Waals surface area (Å²) in [4.78, 5) is 0. The van der Waals surface area contributed by atoms with Gasteiger partial charge in [-0.3, -0.25) is 0 Å². The lowest BCUT2D eigenvalue weighted by Gasteiger charge is -2.20. The minimum atomic E-state index is -0.566. The van der Waals surface area contributed by atoms with Crippen molar-refractivity contribution in [3.8, 4) is 0 Å². The van der Waals surface area contributed by atoms with Crippen molar-refractivity contribution < 1.29 is 8.78 Å². The van der Waals surface area contributed by atoms with Crippen molar-refractivity contribution in [1.82, 2.24) is 0 Å². The Bertz CT molecular complexity index is 596. The number of aryl methyl sites for hydroxylation is 1. The standard InChI is InChI=1S/C16H16BrF2N/c1-3-14(11-5-7-12(17)8-6-11)20-16-13(18)9-4-10(2)15(16)19/h4-9,14,20H,3H2,1-2H3. The molecule has 0 aliphatic rings. The molecule has 0 bridgehead atoms. The van der Waals surface area contributed by atoms with Gasteiger partial charge in [0, 0.05) is 4.47 Å². The summed E-state index contributed by atoms with van der Waals surface area (Å²) in [6, 6.07) is 10.3. The average Bonchev–Trinajstić information content (AvgIpc) is 2.45. The maximum absolute atomic E-state index is 14.0. The number of hydrogen-bond acceptors (Lipinski definition) is 1. The van der Waals surface area contributed by atoms with Crippen LogP contribution in [0.1, 0.15) is 30.5 Å². The third-order valence-electron chi connectivity index (χ3n) is 3.28. The van der Waals surface area contributed by atoms with Gasteiger partial charge in [0.05, 0.1) is 6.04 Å². The van der Waals surface area contributed by atoms with Crippen LogP contribution in [-0.2, 0) is 0 Å². The largest absolute Gasteiger partial charge is 0.373 e. The van der Waals surface area contributed by atoms with E-state index in [1.807, 2.05) is 31.2 Å². The molecule has 1 atom stereocenters. The van der Waals surface area contributed by atoms with Crippen molar-refractivity contribution in [2.24, 2.45) is 0 Å². The van der Waals surface area contributed by atoms with Crippen LogP contribution < -0.4 is 5.32 Å². The fraction of sp³-hybridized carbons (Fsp3) is 0.250. The van der Waals surface area contributed by atoms with Crippen molar-refractivity contribution in [3.05, 3.63) is 63.6 Å². The minimum absolute atomic E-state index is 0.0558. The molecule has 0 saturated carbocycles. The summed E-state index contributed by atoms with van der Waals surface area (Å²) in [6.45, 7) is 3.60. The molecule has 1 unspecified atom stereocenters. The molecule has 2 aromatic carbocycles. The van der Waals surface area contributed by atoms with E-state index in [4.69, 9.17) is 0 Å². The van der Waals surface area contributed by atoms with E-state index in [0.29, 0.717) is 5.56 Å². The normalized spacial score (nSPS) is 12.2. The zero-order valence-electron chi connectivity index (χ0n) is 11.4. The van der Waals surface area contributed by atoms with Crippen LogP contribution in [0.2, 0.25) is 0 Å². The summed E-state index contributed by atoms with van der Waals surface area (Å²) in [5.74, 6) is -1.09. The summed E-state index contributed by atoms with van der Waals surface area (Å²) in [7, 11) is 0. The smallest absolute Gasteiger partial charge is 0.152 e. The Kier molecular flexibility index (Phi) is 4.76. The first-order valence-electron chi connectivity index (χ1n) is 6.49. The maximum atomic E-state index is 14.0. The van der Waals surface area contributed by atoms with Crippen LogP contribution in [0.25, 0.3) is 0 Å². The van der Waals surface area contributed by atoms with Crippen LogP contribution in [0.4, 0.5) is 14.5 Å². The van der Waals surface area contributed by atoms with Gasteiger partial charge < -0.3 is 5.32 Å². The third-order valence-corrected chi connectivity index (χ3v) is 3.81. The van der Waals surface area contributed by atoms with Gasteiger partial charge in [-0.05, 0) is 42.7 Å². The number of anilines is 1. The Morgan fingerprint density at radius 3 is 2.35 bits per heavy atom. The lowest BCUT2D eigenvalue weighted by Crippen LogP contribution is -2.12. The second-order valence-corrected chi connectivity index (χ2v) is 5.63. The summed E-state index contributed by atoms with van der Waals surface area (Å²) in [5.41, 5.74) is 1.37. The van der Waals surface area contributed by atoms with Gasteiger partial charge in [-0.2, -0.15) is 0 Å². The fourth-order valence-corrected chi connectivity index (χ4v) is 2.34. The molecule has 0 heterocycles. The first kappa shape index (κ1) is 15.0. The van der Waals surface area contributed by atoms with Crippen molar-refractivity contribution in [3.63, 3.8) is 0 Å². The molecule has 0 aliphatic carbocycles. The van der Waals surface area contributed by atoms with Crippen molar-refractivity contribution >= 4 is 21.6 Å². The lowest BCUT2D eigenvalue weighted by molar-refractivity contribution is 0.575. The van der Waals surface area contributed by atoms with E-state index in [9.17, 15) is 8.78 Å². The second kappa shape index (κ2) is 6.35. The van der Waals surface area contributed by atoms with Gasteiger partial charge in [-0.25, -0.2) is 8.78 Å². The van der Waals surface area contributed by atoms with E-state index in [1.54, 1.807) is 6.92 Å². The zero-order chi connectivity index (χ0) is 14.7. The summed E-state index contributed by atoms with van der Waals surface area (Å²) in [6.07, 6.45) is 0.731. The first-order chi connectivity index (χ1) is 9.52. The van der Waals surface area contributed by atoms with Gasteiger partial charge >= 0.3 is 0 Å². The third kappa shape index (κ3) is 3.18. The van der Waals surface area contributed by atoms with E-state index in [2.05, 4.69) is 21.2 Å². The molecule has 2 rings (SSSR count). The van der Waals surface area contributed by atoms with Crippen LogP contribution in [-0.4, -0.2) is 0 Å². The number of benzene rings is 2. The van der Waals surface area contributed by atoms with Crippen LogP contribution in [0.5, 0.6) is 0 Å². The summed E-state index contributed by atoms with van der Waals surface area (Å²) >= 11 is 3.38. The second-order valence-electron chi connectivity index (χ2n) is 4.71. The van der Waals surface area contributed by atoms with Crippen LogP contribution >= 0.6 is 15.9 Å². The fourth-order valence-electron chi connectivity index (χ4n) is 2.08. The molecular formula is C16H16BrF2N. The Balaban J connectivity index is 2.31. The van der Waals surface area contributed by atoms with Crippen molar-refractivity contribution in [2.75, 3.05) is 5.32 Å². The molecule has 1 N–H and O–H groups in total. The highest BCUT2D eigenvalue weighted by Gasteiger charge is 2.16. The highest BCUT2D eigenvalue weighted by atomic mass is 79.9. The maximum Gasteiger partial charge on any atom is 0.152 e. The molecule has 0 aromatic heterocycles. The zero-order valence-corrected chi connectivity index (χ0v) is 13.0. The molecule has 0 amide bonds. The Hall–Kier alpha value is -1.42. The number of halogens is 3. The molecule has 0 saturated heterocycles. The molecule has 0 spiro atoms. The van der Waals surface area contributed by atoms with Gasteiger partial charge in [0.25, 0.3) is 0 Å². The molecule has 0 fully saturated rings. The van der Waals surface area contributed by atoms with Gasteiger partial charge in [0.1, 0.15) is 11.5 Å². The first-order valence-corrected chi connectivity index (χ1v) is 7.28. The van der Waals surface area contributed by atoms with Gasteiger partial charge in [0.2, 0.25) is 0 Å². The predicted octanol–water partition coefficient (Wildman–Crippen LogP) is 5.60. The van der Waals surface area contributed by atoms with E-state index in [0.717, 1.165) is 16.5 Å². The lowest BCUT2D eigenvalue weighted by atomic mass is 10.0. The highest BCUT2D eigenvalue weighted by Crippen LogP contribution is 2.28. The molecule has 0 radical (unpaired) electrons. The Morgan fingerprint density at radius 2 is 1.75 bits per heavy atom. The highest BCUT2D eigenvalue weighted by molar-refractivity contribution is 9.10. The average molecular weight is 340 g/mol. The van der Waals surface area contributed by atoms with Gasteiger partial charge in [0.15, 0.2) is 5.82 Å². The number of nitrogens with one attached hydrogen (secondary N) is 1. The van der Waals surface area contributed by atoms with Gasteiger partial charge in [-0.1, -0.05) is 41.1 Å².